The Labute approximate surface area is 129 Å². The van der Waals surface area contributed by atoms with Crippen LogP contribution in [0.5, 0.6) is 0 Å². The number of nitrogens with one attached hydrogen (secondary N) is 1. The van der Waals surface area contributed by atoms with Crippen molar-refractivity contribution in [1.82, 2.24) is 14.9 Å². The van der Waals surface area contributed by atoms with E-state index in [1.807, 2.05) is 6.07 Å². The van der Waals surface area contributed by atoms with Gasteiger partial charge in [0.2, 0.25) is 0 Å². The minimum absolute atomic E-state index is 0.305. The summed E-state index contributed by atoms with van der Waals surface area (Å²) in [5.41, 5.74) is 1.01. The van der Waals surface area contributed by atoms with Crippen LogP contribution in [0.3, 0.4) is 0 Å². The smallest absolute Gasteiger partial charge is 0.147 e. The zero-order valence-corrected chi connectivity index (χ0v) is 13.6. The van der Waals surface area contributed by atoms with E-state index in [1.165, 1.54) is 0 Å². The highest BCUT2D eigenvalue weighted by atomic mass is 32.1. The SMILES string of the molecule is C[C@@H]1CN([C@H](C)CNc2ncnc3ccsc23)C[C@@H](C)O1. The highest BCUT2D eigenvalue weighted by Crippen LogP contribution is 2.25. The van der Waals surface area contributed by atoms with Crippen molar-refractivity contribution in [1.29, 1.82) is 0 Å². The van der Waals surface area contributed by atoms with Gasteiger partial charge >= 0.3 is 0 Å². The van der Waals surface area contributed by atoms with Crippen LogP contribution in [0.2, 0.25) is 0 Å². The van der Waals surface area contributed by atoms with Crippen molar-refractivity contribution in [2.24, 2.45) is 0 Å². The topological polar surface area (TPSA) is 50.3 Å². The summed E-state index contributed by atoms with van der Waals surface area (Å²) in [7, 11) is 0. The molecule has 0 spiro atoms. The largest absolute Gasteiger partial charge is 0.373 e. The molecular weight excluding hydrogens is 284 g/mol. The number of fused-ring (bicyclic) bond motifs is 1. The van der Waals surface area contributed by atoms with Crippen LogP contribution >= 0.6 is 11.3 Å². The highest BCUT2D eigenvalue weighted by molar-refractivity contribution is 7.17. The average molecular weight is 306 g/mol. The van der Waals surface area contributed by atoms with Crippen LogP contribution in [0, 0.1) is 0 Å². The summed E-state index contributed by atoms with van der Waals surface area (Å²) in [5, 5.41) is 5.53. The number of ether oxygens (including phenoxy) is 1. The van der Waals surface area contributed by atoms with Gasteiger partial charge in [0, 0.05) is 25.7 Å². The summed E-state index contributed by atoms with van der Waals surface area (Å²) in [6.45, 7) is 9.40. The van der Waals surface area contributed by atoms with Gasteiger partial charge in [-0.05, 0) is 32.2 Å². The minimum Gasteiger partial charge on any atom is -0.373 e. The summed E-state index contributed by atoms with van der Waals surface area (Å²) >= 11 is 1.68. The molecule has 1 aliphatic rings. The van der Waals surface area contributed by atoms with Crippen molar-refractivity contribution in [2.45, 2.75) is 39.0 Å². The molecule has 0 saturated carbocycles. The van der Waals surface area contributed by atoms with E-state index in [-0.39, 0.29) is 0 Å². The van der Waals surface area contributed by atoms with E-state index < -0.39 is 0 Å². The Hall–Kier alpha value is -1.24. The number of hydrogen-bond donors (Lipinski definition) is 1. The molecule has 1 saturated heterocycles. The first-order valence-corrected chi connectivity index (χ1v) is 8.33. The fraction of sp³-hybridized carbons (Fsp3) is 0.600. The summed E-state index contributed by atoms with van der Waals surface area (Å²) < 4.78 is 6.93. The summed E-state index contributed by atoms with van der Waals surface area (Å²) in [6.07, 6.45) is 2.24. The van der Waals surface area contributed by atoms with Gasteiger partial charge in [-0.2, -0.15) is 0 Å². The number of aromatic nitrogens is 2. The quantitative estimate of drug-likeness (QED) is 0.941. The van der Waals surface area contributed by atoms with Crippen LogP contribution in [-0.2, 0) is 4.74 Å². The molecule has 3 heterocycles. The van der Waals surface area contributed by atoms with Crippen LogP contribution in [0.1, 0.15) is 20.8 Å². The van der Waals surface area contributed by atoms with Gasteiger partial charge in [-0.25, -0.2) is 9.97 Å². The molecule has 21 heavy (non-hydrogen) atoms. The Bertz CT molecular complexity index is 592. The molecule has 0 aliphatic carbocycles. The lowest BCUT2D eigenvalue weighted by atomic mass is 10.1. The van der Waals surface area contributed by atoms with Crippen LogP contribution in [0.25, 0.3) is 10.2 Å². The van der Waals surface area contributed by atoms with E-state index in [0.29, 0.717) is 18.2 Å². The van der Waals surface area contributed by atoms with E-state index >= 15 is 0 Å². The van der Waals surface area contributed by atoms with Gasteiger partial charge in [-0.1, -0.05) is 0 Å². The first-order valence-electron chi connectivity index (χ1n) is 7.45. The van der Waals surface area contributed by atoms with Crippen LogP contribution in [0.4, 0.5) is 5.82 Å². The zero-order valence-electron chi connectivity index (χ0n) is 12.7. The third kappa shape index (κ3) is 3.33. The van der Waals surface area contributed by atoms with E-state index in [1.54, 1.807) is 17.7 Å². The highest BCUT2D eigenvalue weighted by Gasteiger charge is 2.25. The van der Waals surface area contributed by atoms with Gasteiger partial charge in [-0.3, -0.25) is 4.90 Å². The average Bonchev–Trinajstić information content (AvgIpc) is 2.92. The molecule has 5 nitrogen and oxygen atoms in total. The second-order valence-corrected chi connectivity index (χ2v) is 6.71. The molecule has 6 heteroatoms. The fourth-order valence-corrected chi connectivity index (χ4v) is 3.68. The van der Waals surface area contributed by atoms with Crippen molar-refractivity contribution in [3.63, 3.8) is 0 Å². The van der Waals surface area contributed by atoms with Crippen molar-refractivity contribution in [2.75, 3.05) is 25.0 Å². The summed E-state index contributed by atoms with van der Waals surface area (Å²) in [5.74, 6) is 0.941. The van der Waals surface area contributed by atoms with E-state index in [4.69, 9.17) is 4.74 Å². The lowest BCUT2D eigenvalue weighted by Gasteiger charge is -2.39. The predicted molar refractivity (Wildman–Crippen MR) is 86.9 cm³/mol. The van der Waals surface area contributed by atoms with Crippen LogP contribution < -0.4 is 5.32 Å². The monoisotopic (exact) mass is 306 g/mol. The molecule has 0 aromatic carbocycles. The zero-order chi connectivity index (χ0) is 14.8. The maximum Gasteiger partial charge on any atom is 0.147 e. The molecule has 1 fully saturated rings. The van der Waals surface area contributed by atoms with E-state index in [9.17, 15) is 0 Å². The van der Waals surface area contributed by atoms with E-state index in [2.05, 4.69) is 46.3 Å². The molecular formula is C15H22N4OS. The fourth-order valence-electron chi connectivity index (χ4n) is 2.87. The number of thiophene rings is 1. The maximum absolute atomic E-state index is 5.80. The molecule has 2 aromatic rings. The molecule has 114 valence electrons. The normalized spacial score (nSPS) is 25.1. The Kier molecular flexibility index (Phi) is 4.37. The standard InChI is InChI=1S/C15H22N4OS/c1-10(19-7-11(2)20-12(3)8-19)6-16-15-14-13(4-5-21-14)17-9-18-15/h4-5,9-12H,6-8H2,1-3H3,(H,16,17,18)/t10-,11-,12-/m1/s1. The maximum atomic E-state index is 5.80. The Morgan fingerprint density at radius 1 is 1.38 bits per heavy atom. The van der Waals surface area contributed by atoms with Gasteiger partial charge in [-0.15, -0.1) is 11.3 Å². The number of morpholine rings is 1. The van der Waals surface area contributed by atoms with Crippen molar-refractivity contribution < 1.29 is 4.74 Å². The van der Waals surface area contributed by atoms with Gasteiger partial charge in [0.05, 0.1) is 22.4 Å². The third-order valence-corrected chi connectivity index (χ3v) is 4.79. The van der Waals surface area contributed by atoms with Gasteiger partial charge in [0.1, 0.15) is 12.1 Å². The Morgan fingerprint density at radius 2 is 2.14 bits per heavy atom. The second kappa shape index (κ2) is 6.25. The lowest BCUT2D eigenvalue weighted by molar-refractivity contribution is -0.0769. The van der Waals surface area contributed by atoms with Crippen molar-refractivity contribution >= 4 is 27.4 Å². The summed E-state index contributed by atoms with van der Waals surface area (Å²) in [6, 6.07) is 2.48. The van der Waals surface area contributed by atoms with Crippen molar-refractivity contribution in [3.8, 4) is 0 Å². The van der Waals surface area contributed by atoms with Gasteiger partial charge in [0.25, 0.3) is 0 Å². The predicted octanol–water partition coefficient (Wildman–Crippen LogP) is 2.60. The first-order chi connectivity index (χ1) is 10.1. The third-order valence-electron chi connectivity index (χ3n) is 3.88. The van der Waals surface area contributed by atoms with E-state index in [0.717, 1.165) is 35.7 Å². The van der Waals surface area contributed by atoms with Crippen LogP contribution in [0.15, 0.2) is 17.8 Å². The van der Waals surface area contributed by atoms with Gasteiger partial charge in [0.15, 0.2) is 0 Å². The molecule has 0 amide bonds. The van der Waals surface area contributed by atoms with Gasteiger partial charge < -0.3 is 10.1 Å². The molecule has 2 aromatic heterocycles. The van der Waals surface area contributed by atoms with Crippen LogP contribution in [-0.4, -0.2) is 52.8 Å². The molecule has 0 bridgehead atoms. The number of anilines is 1. The molecule has 3 atom stereocenters. The first kappa shape index (κ1) is 14.7. The molecule has 3 rings (SSSR count). The molecule has 0 radical (unpaired) electrons. The number of rotatable bonds is 4. The summed E-state index contributed by atoms with van der Waals surface area (Å²) in [4.78, 5) is 11.1. The minimum atomic E-state index is 0.305. The number of hydrogen-bond acceptors (Lipinski definition) is 6. The Morgan fingerprint density at radius 3 is 2.90 bits per heavy atom. The Balaban J connectivity index is 1.63. The number of nitrogens with zero attached hydrogens (tertiary/aromatic N) is 3. The second-order valence-electron chi connectivity index (χ2n) is 5.80. The van der Waals surface area contributed by atoms with Crippen molar-refractivity contribution in [3.05, 3.63) is 17.8 Å². The molecule has 1 aliphatic heterocycles. The lowest BCUT2D eigenvalue weighted by Crippen LogP contribution is -2.51. The molecule has 0 unspecified atom stereocenters. The molecule has 1 N–H and O–H groups in total.